The van der Waals surface area contributed by atoms with Crippen LogP contribution in [0.5, 0.6) is 0 Å². The van der Waals surface area contributed by atoms with Crippen LogP contribution in [-0.4, -0.2) is 42.1 Å². The summed E-state index contributed by atoms with van der Waals surface area (Å²) in [6.45, 7) is 1.82. The second-order valence-corrected chi connectivity index (χ2v) is 15.9. The molecule has 100 valence electrons. The monoisotopic (exact) mass is 388 g/mol. The molecule has 0 unspecified atom stereocenters. The summed E-state index contributed by atoms with van der Waals surface area (Å²) in [7, 11) is 6.81. The number of hydrogen-bond acceptors (Lipinski definition) is 10. The molecule has 0 bridgehead atoms. The SMILES string of the molecule is O=S(=O)(N1CCOCC1)N1SSSSSSS1. The van der Waals surface area contributed by atoms with Gasteiger partial charge in [0.15, 0.2) is 0 Å². The molecule has 0 spiro atoms. The predicted octanol–water partition coefficient (Wildman–Crippen LogP) is 3.33. The van der Waals surface area contributed by atoms with Crippen LogP contribution >= 0.6 is 71.1 Å². The Morgan fingerprint density at radius 2 is 1.41 bits per heavy atom. The zero-order valence-corrected chi connectivity index (χ0v) is 14.7. The summed E-state index contributed by atoms with van der Waals surface area (Å²) in [6.07, 6.45) is 0. The molecule has 0 aromatic carbocycles. The van der Waals surface area contributed by atoms with Crippen LogP contribution in [0.4, 0.5) is 0 Å². The van der Waals surface area contributed by atoms with Gasteiger partial charge in [-0.3, -0.25) is 0 Å². The molecule has 2 rings (SSSR count). The minimum Gasteiger partial charge on any atom is -0.379 e. The summed E-state index contributed by atoms with van der Waals surface area (Å²) in [4.78, 5) is 0. The number of morpholine rings is 1. The van der Waals surface area contributed by atoms with E-state index in [2.05, 4.69) is 0 Å². The molecular weight excluding hydrogens is 381 g/mol. The fourth-order valence-electron chi connectivity index (χ4n) is 1.07. The second-order valence-electron chi connectivity index (χ2n) is 2.70. The number of nitrogens with zero attached hydrogens (tertiary/aromatic N) is 2. The standard InChI is InChI=1S/C4H8N2O3S8/c7-17(8,5-1-3-9-4-2-5)6-10-12-14-16-15-13-11-6/h1-4H2. The van der Waals surface area contributed by atoms with E-state index in [1.807, 2.05) is 0 Å². The van der Waals surface area contributed by atoms with E-state index in [9.17, 15) is 8.42 Å². The molecule has 17 heavy (non-hydrogen) atoms. The molecule has 2 heterocycles. The van der Waals surface area contributed by atoms with E-state index < -0.39 is 10.2 Å². The van der Waals surface area contributed by atoms with Gasteiger partial charge in [0.1, 0.15) is 0 Å². The molecule has 0 saturated carbocycles. The smallest absolute Gasteiger partial charge is 0.302 e. The maximum absolute atomic E-state index is 12.3. The van der Waals surface area contributed by atoms with E-state index in [0.717, 1.165) is 0 Å². The van der Waals surface area contributed by atoms with E-state index in [0.29, 0.717) is 26.3 Å². The molecule has 0 radical (unpaired) electrons. The minimum atomic E-state index is -3.39. The van der Waals surface area contributed by atoms with Crippen molar-refractivity contribution >= 4 is 81.3 Å². The van der Waals surface area contributed by atoms with Crippen LogP contribution < -0.4 is 0 Å². The van der Waals surface area contributed by atoms with Gasteiger partial charge in [-0.15, -0.1) is 0 Å². The normalized spacial score (nSPS) is 26.4. The highest BCUT2D eigenvalue weighted by Crippen LogP contribution is 2.62. The van der Waals surface area contributed by atoms with Crippen molar-refractivity contribution in [2.75, 3.05) is 26.3 Å². The maximum Gasteiger partial charge on any atom is 0.302 e. The van der Waals surface area contributed by atoms with Crippen molar-refractivity contribution in [3.05, 3.63) is 0 Å². The number of ether oxygens (including phenoxy) is 1. The lowest BCUT2D eigenvalue weighted by Gasteiger charge is -2.29. The molecule has 0 atom stereocenters. The summed E-state index contributed by atoms with van der Waals surface area (Å²) >= 11 is 0. The summed E-state index contributed by atoms with van der Waals surface area (Å²) in [5.41, 5.74) is 0. The van der Waals surface area contributed by atoms with Gasteiger partial charge in [-0.2, -0.15) is 12.7 Å². The van der Waals surface area contributed by atoms with Gasteiger partial charge in [-0.05, 0) is 0 Å². The van der Waals surface area contributed by atoms with Crippen LogP contribution in [0.15, 0.2) is 0 Å². The van der Waals surface area contributed by atoms with E-state index >= 15 is 0 Å². The first-order valence-corrected chi connectivity index (χ1v) is 14.4. The van der Waals surface area contributed by atoms with Crippen LogP contribution in [-0.2, 0) is 14.9 Å². The Bertz CT molecular complexity index is 324. The summed E-state index contributed by atoms with van der Waals surface area (Å²) in [5, 5.41) is 0. The topological polar surface area (TPSA) is 49.9 Å². The van der Waals surface area contributed by atoms with E-state index in [4.69, 9.17) is 4.74 Å². The van der Waals surface area contributed by atoms with Crippen molar-refractivity contribution in [2.45, 2.75) is 0 Å². The Morgan fingerprint density at radius 1 is 0.882 bits per heavy atom. The van der Waals surface area contributed by atoms with Crippen molar-refractivity contribution < 1.29 is 13.2 Å². The average Bonchev–Trinajstić information content (AvgIpc) is 2.29. The van der Waals surface area contributed by atoms with Gasteiger partial charge in [-0.25, -0.2) is 0 Å². The lowest BCUT2D eigenvalue weighted by Crippen LogP contribution is -2.44. The predicted molar refractivity (Wildman–Crippen MR) is 86.3 cm³/mol. The first-order chi connectivity index (χ1) is 8.21. The summed E-state index contributed by atoms with van der Waals surface area (Å²) in [6, 6.07) is 0. The third kappa shape index (κ3) is 4.65. The average molecular weight is 389 g/mol. The van der Waals surface area contributed by atoms with Crippen molar-refractivity contribution in [1.82, 2.24) is 7.42 Å². The molecule has 0 amide bonds. The molecule has 2 saturated heterocycles. The summed E-state index contributed by atoms with van der Waals surface area (Å²) < 4.78 is 32.6. The fraction of sp³-hybridized carbons (Fsp3) is 1.00. The quantitative estimate of drug-likeness (QED) is 0.520. The lowest BCUT2D eigenvalue weighted by molar-refractivity contribution is 0.0723. The molecule has 5 nitrogen and oxygen atoms in total. The van der Waals surface area contributed by atoms with E-state index in [1.54, 1.807) is 29.5 Å². The van der Waals surface area contributed by atoms with Crippen LogP contribution in [0.2, 0.25) is 0 Å². The maximum atomic E-state index is 12.3. The number of rotatable bonds is 2. The lowest BCUT2D eigenvalue weighted by atomic mass is 10.5. The van der Waals surface area contributed by atoms with E-state index in [-0.39, 0.29) is 0 Å². The third-order valence-corrected chi connectivity index (χ3v) is 17.9. The van der Waals surface area contributed by atoms with Crippen LogP contribution in [0.25, 0.3) is 0 Å². The molecule has 13 heteroatoms. The molecule has 2 aliphatic rings. The second kappa shape index (κ2) is 7.90. The highest BCUT2D eigenvalue weighted by Gasteiger charge is 2.33. The Kier molecular flexibility index (Phi) is 7.28. The van der Waals surface area contributed by atoms with Crippen molar-refractivity contribution in [3.8, 4) is 0 Å². The third-order valence-electron chi connectivity index (χ3n) is 1.78. The zero-order chi connectivity index (χ0) is 12.1. The largest absolute Gasteiger partial charge is 0.379 e. The van der Waals surface area contributed by atoms with Crippen molar-refractivity contribution in [3.63, 3.8) is 0 Å². The first-order valence-electron chi connectivity index (χ1n) is 4.27. The van der Waals surface area contributed by atoms with Crippen molar-refractivity contribution in [2.24, 2.45) is 0 Å². The highest BCUT2D eigenvalue weighted by molar-refractivity contribution is 9.47. The van der Waals surface area contributed by atoms with Crippen LogP contribution in [0, 0.1) is 0 Å². The van der Waals surface area contributed by atoms with Crippen LogP contribution in [0.1, 0.15) is 0 Å². The van der Waals surface area contributed by atoms with Gasteiger partial charge in [0, 0.05) is 84.2 Å². The summed E-state index contributed by atoms with van der Waals surface area (Å²) in [5.74, 6) is 0. The minimum absolute atomic E-state index is 0.435. The zero-order valence-electron chi connectivity index (χ0n) is 8.21. The van der Waals surface area contributed by atoms with Crippen LogP contribution in [0.3, 0.4) is 0 Å². The Balaban J connectivity index is 2.01. The van der Waals surface area contributed by atoms with Gasteiger partial charge in [0.2, 0.25) is 0 Å². The molecule has 0 aliphatic carbocycles. The van der Waals surface area contributed by atoms with E-state index in [1.165, 1.54) is 49.0 Å². The number of hydrogen-bond donors (Lipinski definition) is 0. The Labute approximate surface area is 127 Å². The molecule has 0 N–H and O–H groups in total. The van der Waals surface area contributed by atoms with Gasteiger partial charge < -0.3 is 4.74 Å². The molecular formula is C4H8N2O3S8. The first kappa shape index (κ1) is 15.7. The molecule has 2 aliphatic heterocycles. The van der Waals surface area contributed by atoms with Gasteiger partial charge in [0.25, 0.3) is 0 Å². The molecule has 0 aromatic heterocycles. The van der Waals surface area contributed by atoms with Gasteiger partial charge in [0.05, 0.1) is 13.2 Å². The molecule has 2 fully saturated rings. The fourth-order valence-corrected chi connectivity index (χ4v) is 19.6. The Morgan fingerprint density at radius 3 is 2.00 bits per heavy atom. The van der Waals surface area contributed by atoms with Gasteiger partial charge in [-0.1, -0.05) is 3.12 Å². The van der Waals surface area contributed by atoms with Crippen molar-refractivity contribution in [1.29, 1.82) is 0 Å². The Hall–Kier alpha value is 2.28. The molecule has 0 aromatic rings. The van der Waals surface area contributed by atoms with Gasteiger partial charge >= 0.3 is 10.2 Å². The highest BCUT2D eigenvalue weighted by atomic mass is 33.9.